The molecule has 1 saturated carbocycles. The van der Waals surface area contributed by atoms with Crippen LogP contribution in [0.4, 0.5) is 26.3 Å². The Hall–Kier alpha value is -2.85. The van der Waals surface area contributed by atoms with E-state index in [9.17, 15) is 45.2 Å². The molecule has 4 fully saturated rings. The summed E-state index contributed by atoms with van der Waals surface area (Å²) in [7, 11) is -4.38. The number of alkyl halides is 5. The van der Waals surface area contributed by atoms with Gasteiger partial charge in [0.15, 0.2) is 0 Å². The van der Waals surface area contributed by atoms with E-state index in [1.807, 2.05) is 0 Å². The minimum Gasteiger partial charge on any atom is -0.356 e. The highest BCUT2D eigenvalue weighted by molar-refractivity contribution is 7.94. The zero-order valence-electron chi connectivity index (χ0n) is 23.4. The van der Waals surface area contributed by atoms with Crippen LogP contribution in [0.2, 0.25) is 0 Å². The molecule has 3 saturated heterocycles. The number of halogens is 6. The smallest absolute Gasteiger partial charge is 0.356 e. The molecule has 2 bridgehead atoms. The number of piperidine rings is 2. The molecule has 0 aromatic rings. The first kappa shape index (κ1) is 33.6. The molecule has 3 N–H and O–H groups in total. The lowest BCUT2D eigenvalue weighted by molar-refractivity contribution is -0.197. The summed E-state index contributed by atoms with van der Waals surface area (Å²) >= 11 is 0. The highest BCUT2D eigenvalue weighted by atomic mass is 32.2. The van der Waals surface area contributed by atoms with E-state index in [1.165, 1.54) is 20.8 Å². The third-order valence-corrected chi connectivity index (χ3v) is 8.66. The van der Waals surface area contributed by atoms with Gasteiger partial charge < -0.3 is 20.9 Å². The molecule has 1 aliphatic carbocycles. The summed E-state index contributed by atoms with van der Waals surface area (Å²) in [4.78, 5) is 52.0. The van der Waals surface area contributed by atoms with E-state index in [0.29, 0.717) is 12.3 Å². The SMILES string of the molecule is CC(C)(C)[C@@H](NC(=O)C(F)(F)F)C(=O)N1[C@H]2CC[C@@H]([C@@H]1C(=O)N[C@@H](/C=C(/F)S(C)(=O)=O)C[C@H]1CCNC1=O)C(F)(F)C2. The summed E-state index contributed by atoms with van der Waals surface area (Å²) in [5.74, 6) is -11.3. The van der Waals surface area contributed by atoms with Crippen molar-refractivity contribution in [2.24, 2.45) is 17.3 Å². The van der Waals surface area contributed by atoms with Gasteiger partial charge in [-0.3, -0.25) is 19.2 Å². The Balaban J connectivity index is 2.00. The van der Waals surface area contributed by atoms with E-state index in [2.05, 4.69) is 10.6 Å². The van der Waals surface area contributed by atoms with Crippen molar-refractivity contribution in [3.63, 3.8) is 0 Å². The van der Waals surface area contributed by atoms with Crippen molar-refractivity contribution in [1.29, 1.82) is 0 Å². The number of hydrogen-bond acceptors (Lipinski definition) is 6. The van der Waals surface area contributed by atoms with E-state index in [-0.39, 0.29) is 32.2 Å². The maximum Gasteiger partial charge on any atom is 0.471 e. The molecular formula is C25H34F6N4O6S. The number of rotatable bonds is 8. The maximum atomic E-state index is 15.1. The number of nitrogens with zero attached hydrogens (tertiary/aromatic N) is 1. The lowest BCUT2D eigenvalue weighted by atomic mass is 9.70. The van der Waals surface area contributed by atoms with Gasteiger partial charge in [0, 0.05) is 31.2 Å². The predicted molar refractivity (Wildman–Crippen MR) is 136 cm³/mol. The molecule has 0 unspecified atom stereocenters. The molecule has 4 rings (SSSR count). The largest absolute Gasteiger partial charge is 0.471 e. The van der Waals surface area contributed by atoms with Gasteiger partial charge in [-0.05, 0) is 37.2 Å². The summed E-state index contributed by atoms with van der Waals surface area (Å²) in [6.45, 7) is 4.31. The summed E-state index contributed by atoms with van der Waals surface area (Å²) in [6.07, 6.45) is -5.38. The van der Waals surface area contributed by atoms with Crippen LogP contribution < -0.4 is 16.0 Å². The van der Waals surface area contributed by atoms with Gasteiger partial charge in [-0.25, -0.2) is 17.2 Å². The average Bonchev–Trinajstić information content (AvgIpc) is 3.22. The molecule has 6 atom stereocenters. The van der Waals surface area contributed by atoms with Gasteiger partial charge in [0.05, 0.1) is 12.0 Å². The minimum absolute atomic E-state index is 0.00808. The first-order chi connectivity index (χ1) is 19.0. The van der Waals surface area contributed by atoms with Crippen LogP contribution in [-0.2, 0) is 29.0 Å². The van der Waals surface area contributed by atoms with Crippen molar-refractivity contribution >= 4 is 33.5 Å². The van der Waals surface area contributed by atoms with Gasteiger partial charge in [-0.15, -0.1) is 0 Å². The number of sulfone groups is 1. The molecule has 238 valence electrons. The second-order valence-electron chi connectivity index (χ2n) is 12.1. The van der Waals surface area contributed by atoms with E-state index in [4.69, 9.17) is 0 Å². The Kier molecular flexibility index (Phi) is 9.36. The highest BCUT2D eigenvalue weighted by Crippen LogP contribution is 2.49. The Labute approximate surface area is 238 Å². The zero-order chi connectivity index (χ0) is 32.0. The monoisotopic (exact) mass is 632 g/mol. The zero-order valence-corrected chi connectivity index (χ0v) is 24.2. The molecular weight excluding hydrogens is 598 g/mol. The third kappa shape index (κ3) is 7.37. The number of carbonyl (C=O) groups excluding carboxylic acids is 4. The van der Waals surface area contributed by atoms with Crippen LogP contribution >= 0.6 is 0 Å². The second kappa shape index (κ2) is 11.7. The number of amides is 4. The van der Waals surface area contributed by atoms with Gasteiger partial charge in [0.25, 0.3) is 5.92 Å². The topological polar surface area (TPSA) is 142 Å². The summed E-state index contributed by atoms with van der Waals surface area (Å²) in [6, 6.07) is -6.56. The molecule has 3 aliphatic heterocycles. The van der Waals surface area contributed by atoms with Gasteiger partial charge in [-0.1, -0.05) is 20.8 Å². The van der Waals surface area contributed by atoms with Crippen molar-refractivity contribution < 1.29 is 53.9 Å². The van der Waals surface area contributed by atoms with Crippen LogP contribution in [0, 0.1) is 17.3 Å². The predicted octanol–water partition coefficient (Wildman–Crippen LogP) is 1.96. The average molecular weight is 633 g/mol. The minimum atomic E-state index is -5.36. The molecule has 4 amide bonds. The molecule has 4 aliphatic rings. The number of hydrogen-bond donors (Lipinski definition) is 3. The highest BCUT2D eigenvalue weighted by Gasteiger charge is 2.61. The number of carbonyl (C=O) groups is 4. The van der Waals surface area contributed by atoms with Gasteiger partial charge in [0.2, 0.25) is 32.7 Å². The molecule has 0 radical (unpaired) electrons. The van der Waals surface area contributed by atoms with Crippen molar-refractivity contribution in [2.45, 2.75) is 89.1 Å². The normalized spacial score (nSPS) is 27.7. The fourth-order valence-corrected chi connectivity index (χ4v) is 6.14. The van der Waals surface area contributed by atoms with Crippen LogP contribution in [-0.4, -0.2) is 86.0 Å². The summed E-state index contributed by atoms with van der Waals surface area (Å²) in [5, 5.41) is 4.81. The van der Waals surface area contributed by atoms with E-state index in [1.54, 1.807) is 5.32 Å². The quantitative estimate of drug-likeness (QED) is 0.350. The molecule has 0 aromatic heterocycles. The Bertz CT molecular complexity index is 1250. The van der Waals surface area contributed by atoms with Gasteiger partial charge >= 0.3 is 12.1 Å². The summed E-state index contributed by atoms with van der Waals surface area (Å²) in [5.41, 5.74) is -1.35. The maximum absolute atomic E-state index is 15.1. The molecule has 0 aromatic carbocycles. The fourth-order valence-electron chi connectivity index (χ4n) is 5.73. The lowest BCUT2D eigenvalue weighted by Crippen LogP contribution is -2.71. The molecule has 42 heavy (non-hydrogen) atoms. The van der Waals surface area contributed by atoms with Crippen molar-refractivity contribution in [1.82, 2.24) is 20.9 Å². The number of nitrogens with one attached hydrogen (secondary N) is 3. The van der Waals surface area contributed by atoms with Crippen molar-refractivity contribution in [2.75, 3.05) is 12.8 Å². The first-order valence-corrected chi connectivity index (χ1v) is 15.2. The Morgan fingerprint density at radius 3 is 2.21 bits per heavy atom. The van der Waals surface area contributed by atoms with E-state index in [0.717, 1.165) is 4.90 Å². The molecule has 3 heterocycles. The fraction of sp³-hybridized carbons (Fsp3) is 0.760. The van der Waals surface area contributed by atoms with Crippen LogP contribution in [0.25, 0.3) is 0 Å². The first-order valence-electron chi connectivity index (χ1n) is 13.3. The molecule has 17 heteroatoms. The van der Waals surface area contributed by atoms with E-state index >= 15 is 8.78 Å². The second-order valence-corrected chi connectivity index (χ2v) is 14.1. The van der Waals surface area contributed by atoms with Crippen LogP contribution in [0.3, 0.4) is 0 Å². The van der Waals surface area contributed by atoms with E-state index < -0.39 is 98.6 Å². The van der Waals surface area contributed by atoms with Crippen LogP contribution in [0.15, 0.2) is 11.2 Å². The Morgan fingerprint density at radius 2 is 1.74 bits per heavy atom. The number of fused-ring (bicyclic) bond motifs is 3. The molecule has 0 spiro atoms. The Morgan fingerprint density at radius 1 is 1.12 bits per heavy atom. The van der Waals surface area contributed by atoms with Crippen molar-refractivity contribution in [3.05, 3.63) is 11.2 Å². The van der Waals surface area contributed by atoms with Crippen LogP contribution in [0.1, 0.15) is 52.9 Å². The standard InChI is InChI=1S/C25H34F6N4O6S/c1-23(2,3)18(34-22(39)25(29,30)31)21(38)35-14-5-6-15(24(27,28)11-14)17(35)20(37)33-13(10-16(26)42(4,40)41)9-12-7-8-32-19(12)36/h10,12-15,17-18H,5-9,11H2,1-4H3,(H,32,36)(H,33,37)(H,34,39)/b16-10-/t12-,13-,14+,15+,17-,18+/m1/s1. The molecule has 10 nitrogen and oxygen atoms in total. The van der Waals surface area contributed by atoms with Gasteiger partial charge in [0.1, 0.15) is 12.1 Å². The van der Waals surface area contributed by atoms with Crippen LogP contribution in [0.5, 0.6) is 0 Å². The lowest BCUT2D eigenvalue weighted by Gasteiger charge is -2.55. The van der Waals surface area contributed by atoms with Crippen molar-refractivity contribution in [3.8, 4) is 0 Å². The third-order valence-electron chi connectivity index (χ3n) is 7.82. The summed E-state index contributed by atoms with van der Waals surface area (Å²) < 4.78 is 107. The van der Waals surface area contributed by atoms with Gasteiger partial charge in [-0.2, -0.15) is 17.6 Å².